The lowest BCUT2D eigenvalue weighted by Gasteiger charge is -2.09. The van der Waals surface area contributed by atoms with Gasteiger partial charge >= 0.3 is 5.97 Å². The summed E-state index contributed by atoms with van der Waals surface area (Å²) in [5, 5.41) is 9.44. The number of hydrogen-bond donors (Lipinski definition) is 1. The number of nitrogens with zero attached hydrogens (tertiary/aromatic N) is 2. The Morgan fingerprint density at radius 2 is 2.22 bits per heavy atom. The molecule has 0 bridgehead atoms. The van der Waals surface area contributed by atoms with Crippen molar-refractivity contribution >= 4 is 17.7 Å². The minimum absolute atomic E-state index is 0.0161. The van der Waals surface area contributed by atoms with E-state index >= 15 is 0 Å². The van der Waals surface area contributed by atoms with Gasteiger partial charge in [0.15, 0.2) is 5.16 Å². The Morgan fingerprint density at radius 3 is 2.89 bits per heavy atom. The van der Waals surface area contributed by atoms with Gasteiger partial charge < -0.3 is 5.11 Å². The molecule has 94 valence electrons. The molecule has 0 saturated carbocycles. The van der Waals surface area contributed by atoms with E-state index in [2.05, 4.69) is 11.1 Å². The SMILES string of the molecule is Cc1cccc(-n2c(C)cnc2SCC(=O)O)c1. The predicted molar refractivity (Wildman–Crippen MR) is 71.4 cm³/mol. The van der Waals surface area contributed by atoms with E-state index in [1.807, 2.05) is 36.6 Å². The second kappa shape index (κ2) is 5.27. The fourth-order valence-electron chi connectivity index (χ4n) is 1.72. The molecular formula is C13H14N2O2S. The molecule has 1 N–H and O–H groups in total. The van der Waals surface area contributed by atoms with Crippen molar-refractivity contribution in [3.8, 4) is 5.69 Å². The number of aliphatic carboxylic acids is 1. The molecule has 1 heterocycles. The van der Waals surface area contributed by atoms with E-state index < -0.39 is 5.97 Å². The molecule has 0 aliphatic heterocycles. The summed E-state index contributed by atoms with van der Waals surface area (Å²) < 4.78 is 1.97. The van der Waals surface area contributed by atoms with Gasteiger partial charge in [-0.15, -0.1) is 0 Å². The first-order valence-corrected chi connectivity index (χ1v) is 6.52. The number of imidazole rings is 1. The van der Waals surface area contributed by atoms with Crippen molar-refractivity contribution in [2.24, 2.45) is 0 Å². The largest absolute Gasteiger partial charge is 0.481 e. The zero-order valence-corrected chi connectivity index (χ0v) is 11.1. The highest BCUT2D eigenvalue weighted by Gasteiger charge is 2.11. The van der Waals surface area contributed by atoms with Crippen LogP contribution in [0.3, 0.4) is 0 Å². The number of benzene rings is 1. The summed E-state index contributed by atoms with van der Waals surface area (Å²) in [4.78, 5) is 14.9. The van der Waals surface area contributed by atoms with Crippen LogP contribution in [0.25, 0.3) is 5.69 Å². The molecule has 0 saturated heterocycles. The molecule has 1 aromatic heterocycles. The Labute approximate surface area is 110 Å². The first-order chi connectivity index (χ1) is 8.58. The number of thioether (sulfide) groups is 1. The van der Waals surface area contributed by atoms with Crippen molar-refractivity contribution in [2.75, 3.05) is 5.75 Å². The van der Waals surface area contributed by atoms with Gasteiger partial charge in [-0.25, -0.2) is 4.98 Å². The van der Waals surface area contributed by atoms with Gasteiger partial charge in [0, 0.05) is 17.6 Å². The van der Waals surface area contributed by atoms with Gasteiger partial charge in [0.05, 0.1) is 5.75 Å². The number of rotatable bonds is 4. The van der Waals surface area contributed by atoms with E-state index in [0.717, 1.165) is 16.9 Å². The third-order valence-corrected chi connectivity index (χ3v) is 3.43. The van der Waals surface area contributed by atoms with E-state index in [4.69, 9.17) is 5.11 Å². The molecule has 4 nitrogen and oxygen atoms in total. The molecule has 18 heavy (non-hydrogen) atoms. The second-order valence-electron chi connectivity index (χ2n) is 4.04. The van der Waals surface area contributed by atoms with E-state index in [1.54, 1.807) is 6.20 Å². The summed E-state index contributed by atoms with van der Waals surface area (Å²) in [6.45, 7) is 3.99. The van der Waals surface area contributed by atoms with Crippen molar-refractivity contribution < 1.29 is 9.90 Å². The van der Waals surface area contributed by atoms with Crippen LogP contribution < -0.4 is 0 Å². The van der Waals surface area contributed by atoms with Crippen molar-refractivity contribution in [3.05, 3.63) is 41.7 Å². The Bertz CT molecular complexity index is 578. The van der Waals surface area contributed by atoms with Crippen LogP contribution in [0.2, 0.25) is 0 Å². The van der Waals surface area contributed by atoms with Crippen molar-refractivity contribution in [2.45, 2.75) is 19.0 Å². The van der Waals surface area contributed by atoms with Gasteiger partial charge in [0.2, 0.25) is 0 Å². The van der Waals surface area contributed by atoms with Gasteiger partial charge in [-0.1, -0.05) is 23.9 Å². The third-order valence-electron chi connectivity index (χ3n) is 2.49. The lowest BCUT2D eigenvalue weighted by atomic mass is 10.2. The van der Waals surface area contributed by atoms with E-state index in [-0.39, 0.29) is 5.75 Å². The van der Waals surface area contributed by atoms with Crippen LogP contribution in [0.4, 0.5) is 0 Å². The van der Waals surface area contributed by atoms with Crippen LogP contribution in [0, 0.1) is 13.8 Å². The monoisotopic (exact) mass is 262 g/mol. The summed E-state index contributed by atoms with van der Waals surface area (Å²) in [6, 6.07) is 8.06. The molecule has 2 rings (SSSR count). The van der Waals surface area contributed by atoms with Crippen molar-refractivity contribution in [3.63, 3.8) is 0 Å². The number of carboxylic acid groups (broad SMARTS) is 1. The fourth-order valence-corrected chi connectivity index (χ4v) is 2.48. The lowest BCUT2D eigenvalue weighted by molar-refractivity contribution is -0.133. The second-order valence-corrected chi connectivity index (χ2v) is 4.98. The average molecular weight is 262 g/mol. The molecule has 0 radical (unpaired) electrons. The van der Waals surface area contributed by atoms with Crippen LogP contribution in [0.1, 0.15) is 11.3 Å². The topological polar surface area (TPSA) is 55.1 Å². The highest BCUT2D eigenvalue weighted by atomic mass is 32.2. The molecule has 1 aromatic carbocycles. The average Bonchev–Trinajstić information content (AvgIpc) is 2.68. The summed E-state index contributed by atoms with van der Waals surface area (Å²) in [7, 11) is 0. The minimum Gasteiger partial charge on any atom is -0.481 e. The number of carboxylic acids is 1. The summed E-state index contributed by atoms with van der Waals surface area (Å²) in [6.07, 6.45) is 1.76. The molecule has 0 atom stereocenters. The van der Waals surface area contributed by atoms with Gasteiger partial charge in [0.1, 0.15) is 0 Å². The molecule has 0 amide bonds. The molecule has 0 fully saturated rings. The Kier molecular flexibility index (Phi) is 3.72. The first kappa shape index (κ1) is 12.7. The van der Waals surface area contributed by atoms with Gasteiger partial charge in [-0.3, -0.25) is 9.36 Å². The Morgan fingerprint density at radius 1 is 1.44 bits per heavy atom. The summed E-state index contributed by atoms with van der Waals surface area (Å²) in [5.41, 5.74) is 3.17. The molecular weight excluding hydrogens is 248 g/mol. The van der Waals surface area contributed by atoms with Crippen LogP contribution >= 0.6 is 11.8 Å². The number of aryl methyl sites for hydroxylation is 2. The number of aromatic nitrogens is 2. The molecule has 2 aromatic rings. The van der Waals surface area contributed by atoms with Crippen LogP contribution in [-0.2, 0) is 4.79 Å². The quantitative estimate of drug-likeness (QED) is 0.861. The van der Waals surface area contributed by atoms with Crippen molar-refractivity contribution in [1.82, 2.24) is 9.55 Å². The summed E-state index contributed by atoms with van der Waals surface area (Å²) in [5.74, 6) is -0.820. The molecule has 0 spiro atoms. The smallest absolute Gasteiger partial charge is 0.313 e. The molecule has 0 aliphatic rings. The van der Waals surface area contributed by atoms with Gasteiger partial charge in [0.25, 0.3) is 0 Å². The predicted octanol–water partition coefficient (Wildman–Crippen LogP) is 2.67. The van der Waals surface area contributed by atoms with E-state index in [1.165, 1.54) is 11.8 Å². The molecule has 0 aliphatic carbocycles. The highest BCUT2D eigenvalue weighted by Crippen LogP contribution is 2.23. The number of hydrogen-bond acceptors (Lipinski definition) is 3. The standard InChI is InChI=1S/C13H14N2O2S/c1-9-4-3-5-11(6-9)15-10(2)7-14-13(15)18-8-12(16)17/h3-7H,8H2,1-2H3,(H,16,17). The number of carbonyl (C=O) groups is 1. The van der Waals surface area contributed by atoms with E-state index in [9.17, 15) is 4.79 Å². The van der Waals surface area contributed by atoms with Crippen LogP contribution in [0.15, 0.2) is 35.6 Å². The first-order valence-electron chi connectivity index (χ1n) is 5.54. The maximum atomic E-state index is 10.6. The Balaban J connectivity index is 2.37. The summed E-state index contributed by atoms with van der Waals surface area (Å²) >= 11 is 1.23. The zero-order valence-electron chi connectivity index (χ0n) is 10.3. The fraction of sp³-hybridized carbons (Fsp3) is 0.231. The molecule has 5 heteroatoms. The van der Waals surface area contributed by atoms with Gasteiger partial charge in [-0.05, 0) is 31.5 Å². The van der Waals surface area contributed by atoms with Crippen LogP contribution in [-0.4, -0.2) is 26.4 Å². The third kappa shape index (κ3) is 2.73. The van der Waals surface area contributed by atoms with Crippen molar-refractivity contribution in [1.29, 1.82) is 0 Å². The van der Waals surface area contributed by atoms with Crippen LogP contribution in [0.5, 0.6) is 0 Å². The zero-order chi connectivity index (χ0) is 13.1. The lowest BCUT2D eigenvalue weighted by Crippen LogP contribution is -2.03. The normalized spacial score (nSPS) is 10.6. The maximum absolute atomic E-state index is 10.6. The highest BCUT2D eigenvalue weighted by molar-refractivity contribution is 7.99. The minimum atomic E-state index is -0.837. The Hall–Kier alpha value is -1.75. The molecule has 0 unspecified atom stereocenters. The van der Waals surface area contributed by atoms with Gasteiger partial charge in [-0.2, -0.15) is 0 Å². The van der Waals surface area contributed by atoms with E-state index in [0.29, 0.717) is 5.16 Å². The maximum Gasteiger partial charge on any atom is 0.313 e.